The molecule has 0 saturated carbocycles. The number of rotatable bonds is 6. The molecule has 2 saturated heterocycles. The van der Waals surface area contributed by atoms with Gasteiger partial charge in [0, 0.05) is 39.1 Å². The molecule has 170 valence electrons. The molecular weight excluding hydrogens is 404 g/mol. The van der Waals surface area contributed by atoms with Gasteiger partial charge in [-0.05, 0) is 43.5 Å². The van der Waals surface area contributed by atoms with Gasteiger partial charge in [0.2, 0.25) is 5.91 Å². The van der Waals surface area contributed by atoms with Crippen LogP contribution in [0.25, 0.3) is 0 Å². The van der Waals surface area contributed by atoms with Crippen molar-refractivity contribution in [1.29, 1.82) is 0 Å². The second-order valence-electron chi connectivity index (χ2n) is 8.73. The van der Waals surface area contributed by atoms with Gasteiger partial charge in [0.25, 0.3) is 0 Å². The first-order valence-electron chi connectivity index (χ1n) is 11.4. The van der Waals surface area contributed by atoms with Crippen LogP contribution in [0.1, 0.15) is 37.8 Å². The summed E-state index contributed by atoms with van der Waals surface area (Å²) in [4.78, 5) is 28.7. The highest BCUT2D eigenvalue weighted by atomic mass is 16.5. The standard InChI is InChI=1S/C25H32N4O3/c1-18-15-29(16-19(2)32-18)23-10-4-3-9-22(23)27-25(31)26-14-20-7-5-8-21(13-20)17-28-12-6-11-24(28)30/h3-5,7-10,13,18-19H,6,11-12,14-17H2,1-2H3,(H2,26,27,31). The van der Waals surface area contributed by atoms with Crippen molar-refractivity contribution >= 4 is 23.3 Å². The van der Waals surface area contributed by atoms with Gasteiger partial charge in [-0.25, -0.2) is 4.79 Å². The van der Waals surface area contributed by atoms with Crippen molar-refractivity contribution in [2.75, 3.05) is 29.9 Å². The number of anilines is 2. The third-order valence-corrected chi connectivity index (χ3v) is 5.90. The lowest BCUT2D eigenvalue weighted by molar-refractivity contribution is -0.128. The third kappa shape index (κ3) is 5.59. The van der Waals surface area contributed by atoms with Gasteiger partial charge in [0.1, 0.15) is 0 Å². The van der Waals surface area contributed by atoms with E-state index in [9.17, 15) is 9.59 Å². The summed E-state index contributed by atoms with van der Waals surface area (Å²) in [6.07, 6.45) is 1.86. The lowest BCUT2D eigenvalue weighted by Crippen LogP contribution is -2.45. The quantitative estimate of drug-likeness (QED) is 0.723. The van der Waals surface area contributed by atoms with Crippen molar-refractivity contribution < 1.29 is 14.3 Å². The topological polar surface area (TPSA) is 73.9 Å². The number of likely N-dealkylation sites (tertiary alicyclic amines) is 1. The van der Waals surface area contributed by atoms with E-state index < -0.39 is 0 Å². The van der Waals surface area contributed by atoms with Gasteiger partial charge in [0.15, 0.2) is 0 Å². The number of nitrogens with one attached hydrogen (secondary N) is 2. The first-order valence-corrected chi connectivity index (χ1v) is 11.4. The molecular formula is C25H32N4O3. The molecule has 0 aliphatic carbocycles. The number of urea groups is 1. The van der Waals surface area contributed by atoms with Gasteiger partial charge in [-0.2, -0.15) is 0 Å². The summed E-state index contributed by atoms with van der Waals surface area (Å²) in [5, 5.41) is 5.95. The Morgan fingerprint density at radius 2 is 1.81 bits per heavy atom. The van der Waals surface area contributed by atoms with E-state index in [2.05, 4.69) is 35.4 Å². The predicted octanol–water partition coefficient (Wildman–Crippen LogP) is 3.74. The van der Waals surface area contributed by atoms with Crippen LogP contribution in [0.2, 0.25) is 0 Å². The first kappa shape index (κ1) is 22.1. The van der Waals surface area contributed by atoms with Gasteiger partial charge in [-0.15, -0.1) is 0 Å². The van der Waals surface area contributed by atoms with E-state index in [0.717, 1.165) is 48.6 Å². The van der Waals surface area contributed by atoms with Crippen LogP contribution in [0.4, 0.5) is 16.2 Å². The number of nitrogens with zero attached hydrogens (tertiary/aromatic N) is 2. The van der Waals surface area contributed by atoms with Crippen LogP contribution in [-0.4, -0.2) is 48.7 Å². The molecule has 0 radical (unpaired) electrons. The highest BCUT2D eigenvalue weighted by Gasteiger charge is 2.24. The van der Waals surface area contributed by atoms with Crippen molar-refractivity contribution in [3.8, 4) is 0 Å². The van der Waals surface area contributed by atoms with Crippen LogP contribution in [0.15, 0.2) is 48.5 Å². The van der Waals surface area contributed by atoms with Crippen molar-refractivity contribution in [3.05, 3.63) is 59.7 Å². The van der Waals surface area contributed by atoms with E-state index >= 15 is 0 Å². The van der Waals surface area contributed by atoms with Crippen molar-refractivity contribution in [2.45, 2.75) is 52.0 Å². The average molecular weight is 437 g/mol. The van der Waals surface area contributed by atoms with E-state index in [1.165, 1.54) is 0 Å². The first-order chi connectivity index (χ1) is 15.5. The summed E-state index contributed by atoms with van der Waals surface area (Å²) in [5.74, 6) is 0.218. The number of para-hydroxylation sites is 2. The Morgan fingerprint density at radius 3 is 2.56 bits per heavy atom. The zero-order valence-electron chi connectivity index (χ0n) is 18.8. The summed E-state index contributed by atoms with van der Waals surface area (Å²) in [6, 6.07) is 15.7. The van der Waals surface area contributed by atoms with Crippen LogP contribution < -0.4 is 15.5 Å². The van der Waals surface area contributed by atoms with E-state index in [1.54, 1.807) is 0 Å². The van der Waals surface area contributed by atoms with E-state index in [-0.39, 0.29) is 24.1 Å². The number of hydrogen-bond donors (Lipinski definition) is 2. The maximum Gasteiger partial charge on any atom is 0.319 e. The Kier molecular flexibility index (Phi) is 6.95. The SMILES string of the molecule is CC1CN(c2ccccc2NC(=O)NCc2cccc(CN3CCCC3=O)c2)CC(C)O1. The fraction of sp³-hybridized carbons (Fsp3) is 0.440. The molecule has 32 heavy (non-hydrogen) atoms. The fourth-order valence-electron chi connectivity index (χ4n) is 4.51. The number of ether oxygens (including phenoxy) is 1. The summed E-state index contributed by atoms with van der Waals surface area (Å²) >= 11 is 0. The van der Waals surface area contributed by atoms with E-state index in [1.807, 2.05) is 47.4 Å². The molecule has 0 spiro atoms. The number of benzene rings is 2. The molecule has 2 aliphatic heterocycles. The molecule has 2 fully saturated rings. The molecule has 2 aliphatic rings. The Bertz CT molecular complexity index is 954. The van der Waals surface area contributed by atoms with Gasteiger partial charge < -0.3 is 25.2 Å². The molecule has 0 aromatic heterocycles. The van der Waals surface area contributed by atoms with E-state index in [4.69, 9.17) is 4.74 Å². The third-order valence-electron chi connectivity index (χ3n) is 5.90. The van der Waals surface area contributed by atoms with Gasteiger partial charge in [0.05, 0.1) is 23.6 Å². The molecule has 7 heteroatoms. The number of carbonyl (C=O) groups excluding carboxylic acids is 2. The molecule has 2 aromatic carbocycles. The number of carbonyl (C=O) groups is 2. The molecule has 2 unspecified atom stereocenters. The summed E-state index contributed by atoms with van der Waals surface area (Å²) in [7, 11) is 0. The Balaban J connectivity index is 1.35. The molecule has 2 N–H and O–H groups in total. The van der Waals surface area contributed by atoms with Crippen molar-refractivity contribution in [3.63, 3.8) is 0 Å². The Labute approximate surface area is 189 Å². The minimum Gasteiger partial charge on any atom is -0.372 e. The summed E-state index contributed by atoms with van der Waals surface area (Å²) in [6.45, 7) is 7.58. The summed E-state index contributed by atoms with van der Waals surface area (Å²) in [5.41, 5.74) is 3.88. The van der Waals surface area contributed by atoms with Crippen molar-refractivity contribution in [1.82, 2.24) is 10.2 Å². The maximum absolute atomic E-state index is 12.6. The van der Waals surface area contributed by atoms with Crippen LogP contribution >= 0.6 is 0 Å². The minimum atomic E-state index is -0.244. The number of morpholine rings is 1. The van der Waals surface area contributed by atoms with E-state index in [0.29, 0.717) is 19.5 Å². The largest absolute Gasteiger partial charge is 0.372 e. The second-order valence-corrected chi connectivity index (χ2v) is 8.73. The molecule has 0 bridgehead atoms. The van der Waals surface area contributed by atoms with Crippen LogP contribution in [0.3, 0.4) is 0 Å². The lowest BCUT2D eigenvalue weighted by Gasteiger charge is -2.37. The molecule has 7 nitrogen and oxygen atoms in total. The second kappa shape index (κ2) is 10.0. The zero-order valence-corrected chi connectivity index (χ0v) is 18.8. The molecule has 2 aromatic rings. The molecule has 2 heterocycles. The van der Waals surface area contributed by atoms with Crippen LogP contribution in [0, 0.1) is 0 Å². The minimum absolute atomic E-state index is 0.142. The Morgan fingerprint density at radius 1 is 1.06 bits per heavy atom. The van der Waals surface area contributed by atoms with Crippen LogP contribution in [0.5, 0.6) is 0 Å². The number of hydrogen-bond acceptors (Lipinski definition) is 4. The smallest absolute Gasteiger partial charge is 0.319 e. The highest BCUT2D eigenvalue weighted by Crippen LogP contribution is 2.28. The molecule has 2 atom stereocenters. The van der Waals surface area contributed by atoms with Gasteiger partial charge >= 0.3 is 6.03 Å². The monoisotopic (exact) mass is 436 g/mol. The fourth-order valence-corrected chi connectivity index (χ4v) is 4.51. The normalized spacial score (nSPS) is 21.0. The molecule has 3 amide bonds. The lowest BCUT2D eigenvalue weighted by atomic mass is 10.1. The van der Waals surface area contributed by atoms with Crippen LogP contribution in [-0.2, 0) is 22.6 Å². The Hall–Kier alpha value is -3.06. The molecule has 4 rings (SSSR count). The zero-order chi connectivity index (χ0) is 22.5. The predicted molar refractivity (Wildman–Crippen MR) is 126 cm³/mol. The average Bonchev–Trinajstić information content (AvgIpc) is 3.16. The highest BCUT2D eigenvalue weighted by molar-refractivity contribution is 5.93. The summed E-state index contributed by atoms with van der Waals surface area (Å²) < 4.78 is 5.84. The van der Waals surface area contributed by atoms with Gasteiger partial charge in [-0.3, -0.25) is 4.79 Å². The van der Waals surface area contributed by atoms with Gasteiger partial charge in [-0.1, -0.05) is 36.4 Å². The number of amides is 3. The van der Waals surface area contributed by atoms with Crippen molar-refractivity contribution in [2.24, 2.45) is 0 Å². The maximum atomic E-state index is 12.6.